The van der Waals surface area contributed by atoms with E-state index in [2.05, 4.69) is 25.1 Å². The summed E-state index contributed by atoms with van der Waals surface area (Å²) in [6, 6.07) is 10.5. The van der Waals surface area contributed by atoms with Crippen LogP contribution in [0.2, 0.25) is 0 Å². The number of benzene rings is 1. The van der Waals surface area contributed by atoms with Crippen molar-refractivity contribution in [2.45, 2.75) is 26.4 Å². The summed E-state index contributed by atoms with van der Waals surface area (Å²) in [4.78, 5) is 13.0. The van der Waals surface area contributed by atoms with Crippen LogP contribution in [-0.2, 0) is 5.60 Å². The molecule has 0 atom stereocenters. The molecule has 29 heavy (non-hydrogen) atoms. The van der Waals surface area contributed by atoms with Crippen molar-refractivity contribution in [3.8, 4) is 33.9 Å². The first-order chi connectivity index (χ1) is 13.8. The number of rotatable bonds is 4. The van der Waals surface area contributed by atoms with Crippen LogP contribution >= 0.6 is 0 Å². The van der Waals surface area contributed by atoms with Gasteiger partial charge in [-0.3, -0.25) is 10.1 Å². The highest BCUT2D eigenvalue weighted by Crippen LogP contribution is 2.32. The third kappa shape index (κ3) is 3.77. The van der Waals surface area contributed by atoms with E-state index in [4.69, 9.17) is 0 Å². The van der Waals surface area contributed by atoms with Crippen molar-refractivity contribution in [3.05, 3.63) is 72.1 Å². The number of aromatic nitrogens is 5. The lowest BCUT2D eigenvalue weighted by molar-refractivity contribution is 0.0778. The fourth-order valence-corrected chi connectivity index (χ4v) is 3.03. The Morgan fingerprint density at radius 3 is 2.48 bits per heavy atom. The van der Waals surface area contributed by atoms with Gasteiger partial charge in [0.25, 0.3) is 0 Å². The number of halogens is 1. The SMILES string of the molecule is Cc1cccc(-c2n[nH]cc2-c2ccc(F)c(-c3ncc(C(C)(C)O)cn3)c2)n1. The highest BCUT2D eigenvalue weighted by atomic mass is 19.1. The predicted octanol–water partition coefficient (Wildman–Crippen LogP) is 4.27. The normalized spacial score (nSPS) is 11.6. The molecule has 3 aromatic heterocycles. The van der Waals surface area contributed by atoms with E-state index < -0.39 is 11.4 Å². The topological polar surface area (TPSA) is 87.6 Å². The van der Waals surface area contributed by atoms with Crippen molar-refractivity contribution >= 4 is 0 Å². The molecule has 0 fully saturated rings. The Balaban J connectivity index is 1.77. The molecule has 0 radical (unpaired) electrons. The van der Waals surface area contributed by atoms with Gasteiger partial charge >= 0.3 is 0 Å². The third-order valence-corrected chi connectivity index (χ3v) is 4.65. The highest BCUT2D eigenvalue weighted by molar-refractivity contribution is 5.81. The summed E-state index contributed by atoms with van der Waals surface area (Å²) >= 11 is 0. The fraction of sp³-hybridized carbons (Fsp3) is 0.182. The molecule has 0 aliphatic heterocycles. The number of aryl methyl sites for hydroxylation is 1. The molecule has 146 valence electrons. The smallest absolute Gasteiger partial charge is 0.162 e. The van der Waals surface area contributed by atoms with Crippen LogP contribution in [0.3, 0.4) is 0 Å². The second-order valence-corrected chi connectivity index (χ2v) is 7.36. The van der Waals surface area contributed by atoms with Gasteiger partial charge in [0.1, 0.15) is 11.5 Å². The van der Waals surface area contributed by atoms with Crippen LogP contribution in [0.25, 0.3) is 33.9 Å². The van der Waals surface area contributed by atoms with Gasteiger partial charge in [-0.1, -0.05) is 12.1 Å². The predicted molar refractivity (Wildman–Crippen MR) is 108 cm³/mol. The quantitative estimate of drug-likeness (QED) is 0.544. The van der Waals surface area contributed by atoms with E-state index in [0.29, 0.717) is 11.3 Å². The standard InChI is InChI=1S/C22H20FN5O/c1-13-5-4-6-19(27-13)20-17(12-26-28-20)14-7-8-18(23)16(9-14)21-24-10-15(11-25-21)22(2,3)29/h4-12,29H,1-3H3,(H,26,28). The molecule has 0 unspecified atom stereocenters. The molecule has 0 amide bonds. The molecule has 0 aliphatic rings. The largest absolute Gasteiger partial charge is 0.386 e. The zero-order valence-electron chi connectivity index (χ0n) is 16.3. The molecule has 1 aromatic carbocycles. The van der Waals surface area contributed by atoms with Gasteiger partial charge in [-0.15, -0.1) is 0 Å². The van der Waals surface area contributed by atoms with Crippen LogP contribution in [0.15, 0.2) is 55.0 Å². The molecule has 0 saturated heterocycles. The number of H-pyrrole nitrogens is 1. The molecular formula is C22H20FN5O. The Kier molecular flexibility index (Phi) is 4.68. The van der Waals surface area contributed by atoms with Crippen molar-refractivity contribution in [1.29, 1.82) is 0 Å². The van der Waals surface area contributed by atoms with Gasteiger partial charge in [-0.2, -0.15) is 5.10 Å². The minimum Gasteiger partial charge on any atom is -0.386 e. The summed E-state index contributed by atoms with van der Waals surface area (Å²) in [6.07, 6.45) is 4.78. The maximum atomic E-state index is 14.5. The molecule has 0 bridgehead atoms. The van der Waals surface area contributed by atoms with Crippen LogP contribution < -0.4 is 0 Å². The first-order valence-electron chi connectivity index (χ1n) is 9.16. The van der Waals surface area contributed by atoms with E-state index in [1.54, 1.807) is 32.2 Å². The zero-order valence-corrected chi connectivity index (χ0v) is 16.3. The molecule has 0 spiro atoms. The van der Waals surface area contributed by atoms with Crippen LogP contribution in [0.5, 0.6) is 0 Å². The van der Waals surface area contributed by atoms with Gasteiger partial charge in [0.15, 0.2) is 5.82 Å². The lowest BCUT2D eigenvalue weighted by atomic mass is 10.0. The van der Waals surface area contributed by atoms with Gasteiger partial charge < -0.3 is 5.11 Å². The number of aromatic amines is 1. The molecular weight excluding hydrogens is 369 g/mol. The summed E-state index contributed by atoms with van der Waals surface area (Å²) in [5.41, 5.74) is 3.64. The first-order valence-corrected chi connectivity index (χ1v) is 9.16. The second-order valence-electron chi connectivity index (χ2n) is 7.36. The van der Waals surface area contributed by atoms with E-state index >= 15 is 0 Å². The van der Waals surface area contributed by atoms with Crippen molar-refractivity contribution < 1.29 is 9.50 Å². The van der Waals surface area contributed by atoms with Crippen LogP contribution in [0.1, 0.15) is 25.1 Å². The van der Waals surface area contributed by atoms with Crippen molar-refractivity contribution in [2.75, 3.05) is 0 Å². The Labute approximate surface area is 167 Å². The fourth-order valence-electron chi connectivity index (χ4n) is 3.03. The van der Waals surface area contributed by atoms with Crippen LogP contribution in [0.4, 0.5) is 4.39 Å². The summed E-state index contributed by atoms with van der Waals surface area (Å²) in [5, 5.41) is 17.3. The molecule has 4 aromatic rings. The van der Waals surface area contributed by atoms with Gasteiger partial charge in [-0.25, -0.2) is 14.4 Å². The van der Waals surface area contributed by atoms with Crippen molar-refractivity contribution in [3.63, 3.8) is 0 Å². The van der Waals surface area contributed by atoms with E-state index in [1.807, 2.05) is 25.1 Å². The molecule has 6 nitrogen and oxygen atoms in total. The van der Waals surface area contributed by atoms with E-state index in [0.717, 1.165) is 22.5 Å². The minimum atomic E-state index is -1.06. The lowest BCUT2D eigenvalue weighted by Gasteiger charge is -2.16. The number of hydrogen-bond acceptors (Lipinski definition) is 5. The Hall–Kier alpha value is -3.45. The monoisotopic (exact) mass is 389 g/mol. The molecule has 3 heterocycles. The zero-order chi connectivity index (χ0) is 20.6. The average Bonchev–Trinajstić information content (AvgIpc) is 3.18. The number of aliphatic hydroxyl groups is 1. The van der Waals surface area contributed by atoms with Gasteiger partial charge in [0.2, 0.25) is 0 Å². The summed E-state index contributed by atoms with van der Waals surface area (Å²) in [7, 11) is 0. The molecule has 0 saturated carbocycles. The molecule has 0 aliphatic carbocycles. The number of nitrogens with one attached hydrogen (secondary N) is 1. The number of pyridine rings is 1. The van der Waals surface area contributed by atoms with Crippen LogP contribution in [0, 0.1) is 12.7 Å². The van der Waals surface area contributed by atoms with Crippen molar-refractivity contribution in [2.24, 2.45) is 0 Å². The second kappa shape index (κ2) is 7.18. The van der Waals surface area contributed by atoms with E-state index in [9.17, 15) is 9.50 Å². The molecule has 2 N–H and O–H groups in total. The molecule has 4 rings (SSSR count). The third-order valence-electron chi connectivity index (χ3n) is 4.65. The number of nitrogens with zero attached hydrogens (tertiary/aromatic N) is 4. The minimum absolute atomic E-state index is 0.246. The average molecular weight is 389 g/mol. The Morgan fingerprint density at radius 1 is 1.03 bits per heavy atom. The maximum absolute atomic E-state index is 14.5. The van der Waals surface area contributed by atoms with Crippen molar-refractivity contribution in [1.82, 2.24) is 25.1 Å². The van der Waals surface area contributed by atoms with E-state index in [-0.39, 0.29) is 11.4 Å². The highest BCUT2D eigenvalue weighted by Gasteiger charge is 2.19. The van der Waals surface area contributed by atoms with Gasteiger partial charge in [-0.05, 0) is 50.6 Å². The van der Waals surface area contributed by atoms with E-state index in [1.165, 1.54) is 18.5 Å². The lowest BCUT2D eigenvalue weighted by Crippen LogP contribution is -2.16. The van der Waals surface area contributed by atoms with Gasteiger partial charge in [0, 0.05) is 35.4 Å². The Bertz CT molecular complexity index is 1160. The summed E-state index contributed by atoms with van der Waals surface area (Å²) in [5.74, 6) is -0.181. The number of hydrogen-bond donors (Lipinski definition) is 2. The van der Waals surface area contributed by atoms with Crippen LogP contribution in [-0.4, -0.2) is 30.3 Å². The maximum Gasteiger partial charge on any atom is 0.162 e. The van der Waals surface area contributed by atoms with Gasteiger partial charge in [0.05, 0.1) is 16.9 Å². The Morgan fingerprint density at radius 2 is 1.79 bits per heavy atom. The summed E-state index contributed by atoms with van der Waals surface area (Å²) in [6.45, 7) is 5.21. The molecule has 7 heteroatoms. The first kappa shape index (κ1) is 18.9. The summed E-state index contributed by atoms with van der Waals surface area (Å²) < 4.78 is 14.5.